The molecule has 1 atom stereocenters. The second-order valence-electron chi connectivity index (χ2n) is 5.24. The molecule has 1 aliphatic rings. The minimum Gasteiger partial charge on any atom is -0.491 e. The van der Waals surface area contributed by atoms with Gasteiger partial charge in [-0.3, -0.25) is 0 Å². The lowest BCUT2D eigenvalue weighted by molar-refractivity contribution is 0.0680. The molecule has 0 aliphatic carbocycles. The van der Waals surface area contributed by atoms with Gasteiger partial charge in [0.05, 0.1) is 6.10 Å². The average Bonchev–Trinajstić information content (AvgIpc) is 2.96. The Morgan fingerprint density at radius 1 is 1.30 bits per heavy atom. The fourth-order valence-electron chi connectivity index (χ4n) is 2.48. The van der Waals surface area contributed by atoms with Gasteiger partial charge in [0, 0.05) is 23.6 Å². The molecule has 0 radical (unpaired) electrons. The fraction of sp³-hybridized carbons (Fsp3) is 0.438. The van der Waals surface area contributed by atoms with Gasteiger partial charge >= 0.3 is 5.63 Å². The Hall–Kier alpha value is -1.81. The number of hydrogen-bond acceptors (Lipinski definition) is 4. The Morgan fingerprint density at radius 3 is 2.90 bits per heavy atom. The monoisotopic (exact) mass is 274 g/mol. The smallest absolute Gasteiger partial charge is 0.339 e. The van der Waals surface area contributed by atoms with Crippen LogP contribution in [0.5, 0.6) is 5.75 Å². The van der Waals surface area contributed by atoms with Crippen LogP contribution in [0.25, 0.3) is 11.0 Å². The van der Waals surface area contributed by atoms with Crippen LogP contribution in [0.3, 0.4) is 0 Å². The Balaban J connectivity index is 1.86. The summed E-state index contributed by atoms with van der Waals surface area (Å²) in [7, 11) is 0. The number of fused-ring (bicyclic) bond motifs is 1. The van der Waals surface area contributed by atoms with Gasteiger partial charge in [0.25, 0.3) is 0 Å². The highest BCUT2D eigenvalue weighted by molar-refractivity contribution is 5.82. The predicted octanol–water partition coefficient (Wildman–Crippen LogP) is 2.97. The van der Waals surface area contributed by atoms with Crippen molar-refractivity contribution in [1.29, 1.82) is 0 Å². The van der Waals surface area contributed by atoms with E-state index in [1.165, 1.54) is 0 Å². The molecule has 1 aromatic carbocycles. The van der Waals surface area contributed by atoms with Crippen LogP contribution in [0, 0.1) is 13.8 Å². The zero-order valence-corrected chi connectivity index (χ0v) is 11.8. The van der Waals surface area contributed by atoms with Crippen molar-refractivity contribution in [2.24, 2.45) is 0 Å². The van der Waals surface area contributed by atoms with Gasteiger partial charge in [0.15, 0.2) is 0 Å². The van der Waals surface area contributed by atoms with Crippen molar-refractivity contribution in [2.75, 3.05) is 13.2 Å². The van der Waals surface area contributed by atoms with Gasteiger partial charge in [-0.15, -0.1) is 0 Å². The summed E-state index contributed by atoms with van der Waals surface area (Å²) in [6, 6.07) is 5.62. The first-order valence-electron chi connectivity index (χ1n) is 6.93. The van der Waals surface area contributed by atoms with Crippen molar-refractivity contribution in [3.8, 4) is 5.75 Å². The summed E-state index contributed by atoms with van der Waals surface area (Å²) < 4.78 is 16.6. The van der Waals surface area contributed by atoms with E-state index >= 15 is 0 Å². The van der Waals surface area contributed by atoms with E-state index in [1.807, 2.05) is 19.1 Å². The standard InChI is InChI=1S/C16H18O4/c1-10-11(2)16(17)20-15-8-12(5-6-14(10)15)19-9-13-4-3-7-18-13/h5-6,8,13H,3-4,7,9H2,1-2H3. The molecule has 0 saturated carbocycles. The van der Waals surface area contributed by atoms with Crippen LogP contribution in [0.15, 0.2) is 27.4 Å². The van der Waals surface area contributed by atoms with Gasteiger partial charge in [-0.05, 0) is 44.4 Å². The Bertz CT molecular complexity index is 681. The summed E-state index contributed by atoms with van der Waals surface area (Å²) in [6.45, 7) is 5.07. The number of ether oxygens (including phenoxy) is 2. The molecule has 1 fully saturated rings. The Kier molecular flexibility index (Phi) is 3.49. The average molecular weight is 274 g/mol. The van der Waals surface area contributed by atoms with E-state index in [2.05, 4.69) is 0 Å². The van der Waals surface area contributed by atoms with Crippen LogP contribution in [0.1, 0.15) is 24.0 Å². The SMILES string of the molecule is Cc1c(C)c2ccc(OCC3CCCO3)cc2oc1=O. The quantitative estimate of drug-likeness (QED) is 0.807. The molecule has 1 aromatic heterocycles. The lowest BCUT2D eigenvalue weighted by Gasteiger charge is -2.12. The van der Waals surface area contributed by atoms with Crippen LogP contribution in [0.2, 0.25) is 0 Å². The third-order valence-electron chi connectivity index (χ3n) is 3.89. The third kappa shape index (κ3) is 2.43. The molecular weight excluding hydrogens is 256 g/mol. The van der Waals surface area contributed by atoms with Crippen molar-refractivity contribution in [3.05, 3.63) is 39.7 Å². The van der Waals surface area contributed by atoms with Crippen LogP contribution in [-0.2, 0) is 4.74 Å². The first-order chi connectivity index (χ1) is 9.65. The summed E-state index contributed by atoms with van der Waals surface area (Å²) in [5, 5.41) is 0.951. The van der Waals surface area contributed by atoms with Crippen molar-refractivity contribution < 1.29 is 13.9 Å². The highest BCUT2D eigenvalue weighted by atomic mass is 16.5. The van der Waals surface area contributed by atoms with E-state index < -0.39 is 0 Å². The zero-order chi connectivity index (χ0) is 14.1. The number of rotatable bonds is 3. The van der Waals surface area contributed by atoms with Crippen molar-refractivity contribution in [1.82, 2.24) is 0 Å². The summed E-state index contributed by atoms with van der Waals surface area (Å²) in [4.78, 5) is 11.7. The molecular formula is C16H18O4. The molecule has 106 valence electrons. The largest absolute Gasteiger partial charge is 0.491 e. The van der Waals surface area contributed by atoms with Crippen LogP contribution in [-0.4, -0.2) is 19.3 Å². The molecule has 0 bridgehead atoms. The predicted molar refractivity (Wildman–Crippen MR) is 76.4 cm³/mol. The maximum atomic E-state index is 11.7. The summed E-state index contributed by atoms with van der Waals surface area (Å²) in [5.41, 5.74) is 1.90. The van der Waals surface area contributed by atoms with E-state index in [-0.39, 0.29) is 11.7 Å². The molecule has 1 saturated heterocycles. The number of aryl methyl sites for hydroxylation is 1. The normalized spacial score (nSPS) is 18.6. The van der Waals surface area contributed by atoms with Gasteiger partial charge in [-0.1, -0.05) is 0 Å². The molecule has 20 heavy (non-hydrogen) atoms. The minimum atomic E-state index is -0.286. The van der Waals surface area contributed by atoms with Gasteiger partial charge < -0.3 is 13.9 Å². The summed E-state index contributed by atoms with van der Waals surface area (Å²) in [5.74, 6) is 0.708. The van der Waals surface area contributed by atoms with Crippen LogP contribution >= 0.6 is 0 Å². The Labute approximate surface area is 117 Å². The van der Waals surface area contributed by atoms with Crippen LogP contribution < -0.4 is 10.4 Å². The number of benzene rings is 1. The second kappa shape index (κ2) is 5.29. The highest BCUT2D eigenvalue weighted by Gasteiger charge is 2.16. The molecule has 0 N–H and O–H groups in total. The first-order valence-corrected chi connectivity index (χ1v) is 6.93. The molecule has 1 unspecified atom stereocenters. The molecule has 4 heteroatoms. The topological polar surface area (TPSA) is 48.7 Å². The van der Waals surface area contributed by atoms with E-state index in [4.69, 9.17) is 13.9 Å². The minimum absolute atomic E-state index is 0.178. The van der Waals surface area contributed by atoms with Crippen molar-refractivity contribution >= 4 is 11.0 Å². The molecule has 4 nitrogen and oxygen atoms in total. The highest BCUT2D eigenvalue weighted by Crippen LogP contribution is 2.24. The van der Waals surface area contributed by atoms with Gasteiger partial charge in [0.2, 0.25) is 0 Å². The van der Waals surface area contributed by atoms with E-state index in [9.17, 15) is 4.79 Å². The number of hydrogen-bond donors (Lipinski definition) is 0. The molecule has 0 spiro atoms. The van der Waals surface area contributed by atoms with Crippen LogP contribution in [0.4, 0.5) is 0 Å². The maximum absolute atomic E-state index is 11.7. The molecule has 2 aromatic rings. The zero-order valence-electron chi connectivity index (χ0n) is 11.8. The lowest BCUT2D eigenvalue weighted by atomic mass is 10.1. The lowest BCUT2D eigenvalue weighted by Crippen LogP contribution is -2.16. The maximum Gasteiger partial charge on any atom is 0.339 e. The molecule has 2 heterocycles. The fourth-order valence-corrected chi connectivity index (χ4v) is 2.48. The summed E-state index contributed by atoms with van der Waals surface area (Å²) >= 11 is 0. The molecule has 0 amide bonds. The molecule has 1 aliphatic heterocycles. The van der Waals surface area contributed by atoms with Crippen molar-refractivity contribution in [3.63, 3.8) is 0 Å². The molecule has 3 rings (SSSR count). The Morgan fingerprint density at radius 2 is 2.15 bits per heavy atom. The van der Waals surface area contributed by atoms with Gasteiger partial charge in [0.1, 0.15) is 17.9 Å². The van der Waals surface area contributed by atoms with Gasteiger partial charge in [-0.25, -0.2) is 4.79 Å². The van der Waals surface area contributed by atoms with Crippen molar-refractivity contribution in [2.45, 2.75) is 32.8 Å². The second-order valence-corrected chi connectivity index (χ2v) is 5.24. The van der Waals surface area contributed by atoms with Gasteiger partial charge in [-0.2, -0.15) is 0 Å². The van der Waals surface area contributed by atoms with E-state index in [0.717, 1.165) is 30.4 Å². The third-order valence-corrected chi connectivity index (χ3v) is 3.89. The van der Waals surface area contributed by atoms with E-state index in [0.29, 0.717) is 23.5 Å². The van der Waals surface area contributed by atoms with E-state index in [1.54, 1.807) is 13.0 Å². The first kappa shape index (κ1) is 13.2. The summed E-state index contributed by atoms with van der Waals surface area (Å²) in [6.07, 6.45) is 2.32.